The first-order chi connectivity index (χ1) is 14.2. The lowest BCUT2D eigenvalue weighted by Crippen LogP contribution is -2.43. The Morgan fingerprint density at radius 2 is 1.48 bits per heavy atom. The number of hydrogen-bond donors (Lipinski definition) is 1. The van der Waals surface area contributed by atoms with Gasteiger partial charge in [-0.1, -0.05) is 24.4 Å². The van der Waals surface area contributed by atoms with Crippen molar-refractivity contribution in [3.8, 4) is 0 Å². The van der Waals surface area contributed by atoms with Crippen LogP contribution < -0.4 is 10.2 Å². The van der Waals surface area contributed by atoms with Crippen molar-refractivity contribution in [3.05, 3.63) is 58.1 Å². The topological polar surface area (TPSA) is 32.3 Å². The molecule has 2 saturated carbocycles. The Morgan fingerprint density at radius 1 is 0.897 bits per heavy atom. The Kier molecular flexibility index (Phi) is 4.16. The molecule has 0 spiro atoms. The summed E-state index contributed by atoms with van der Waals surface area (Å²) < 4.78 is 0. The monoisotopic (exact) mass is 406 g/mol. The second-order valence-corrected chi connectivity index (χ2v) is 9.90. The Bertz CT molecular complexity index is 924. The van der Waals surface area contributed by atoms with Crippen LogP contribution >= 0.6 is 11.6 Å². The van der Waals surface area contributed by atoms with E-state index in [1.165, 1.54) is 68.4 Å². The maximum Gasteiger partial charge on any atom is 0.255 e. The van der Waals surface area contributed by atoms with Crippen molar-refractivity contribution >= 4 is 28.9 Å². The minimum atomic E-state index is -0.0526. The summed E-state index contributed by atoms with van der Waals surface area (Å²) in [7, 11) is 0. The highest BCUT2D eigenvalue weighted by molar-refractivity contribution is 6.30. The summed E-state index contributed by atoms with van der Waals surface area (Å²) in [5.41, 5.74) is 6.17. The first-order valence-electron chi connectivity index (χ1n) is 11.2. The smallest absolute Gasteiger partial charge is 0.255 e. The highest BCUT2D eigenvalue weighted by Crippen LogP contribution is 2.56. The first kappa shape index (κ1) is 17.8. The van der Waals surface area contributed by atoms with Crippen LogP contribution in [0.1, 0.15) is 71.8 Å². The van der Waals surface area contributed by atoms with E-state index in [9.17, 15) is 4.79 Å². The molecule has 4 heteroatoms. The van der Waals surface area contributed by atoms with Gasteiger partial charge in [-0.2, -0.15) is 0 Å². The normalized spacial score (nSPS) is 29.2. The molecule has 2 aliphatic carbocycles. The lowest BCUT2D eigenvalue weighted by molar-refractivity contribution is 0.102. The van der Waals surface area contributed by atoms with Gasteiger partial charge >= 0.3 is 0 Å². The predicted molar refractivity (Wildman–Crippen MR) is 118 cm³/mol. The Labute approximate surface area is 177 Å². The summed E-state index contributed by atoms with van der Waals surface area (Å²) in [4.78, 5) is 15.6. The number of amides is 1. The third-order valence-electron chi connectivity index (χ3n) is 7.88. The van der Waals surface area contributed by atoms with E-state index >= 15 is 0 Å². The molecule has 1 N–H and O–H groups in total. The molecule has 2 heterocycles. The van der Waals surface area contributed by atoms with E-state index in [1.54, 1.807) is 24.3 Å². The van der Waals surface area contributed by atoms with Gasteiger partial charge in [0.05, 0.1) is 0 Å². The number of rotatable bonds is 2. The average Bonchev–Trinajstić information content (AvgIpc) is 3.38. The summed E-state index contributed by atoms with van der Waals surface area (Å²) in [6, 6.07) is 11.7. The van der Waals surface area contributed by atoms with Crippen LogP contribution in [0, 0.1) is 11.8 Å². The van der Waals surface area contributed by atoms with Crippen LogP contribution in [0.25, 0.3) is 0 Å². The van der Waals surface area contributed by atoms with Crippen LogP contribution in [0.3, 0.4) is 0 Å². The number of carbonyl (C=O) groups excluding carboxylic acids is 1. The van der Waals surface area contributed by atoms with Crippen LogP contribution in [0.15, 0.2) is 36.4 Å². The van der Waals surface area contributed by atoms with Gasteiger partial charge in [-0.05, 0) is 96.9 Å². The molecule has 150 valence electrons. The van der Waals surface area contributed by atoms with E-state index in [2.05, 4.69) is 22.3 Å². The van der Waals surface area contributed by atoms with E-state index in [0.717, 1.165) is 17.5 Å². The van der Waals surface area contributed by atoms with Crippen molar-refractivity contribution in [2.45, 2.75) is 50.4 Å². The lowest BCUT2D eigenvalue weighted by Gasteiger charge is -2.46. The highest BCUT2D eigenvalue weighted by Gasteiger charge is 2.44. The number of nitrogens with zero attached hydrogens (tertiary/aromatic N) is 1. The molecule has 3 nitrogen and oxygen atoms in total. The molecule has 0 radical (unpaired) electrons. The van der Waals surface area contributed by atoms with Gasteiger partial charge < -0.3 is 10.2 Å². The number of fused-ring (bicyclic) bond motifs is 4. The largest absolute Gasteiger partial charge is 0.370 e. The molecule has 2 fully saturated rings. The van der Waals surface area contributed by atoms with Gasteiger partial charge in [-0.3, -0.25) is 4.79 Å². The van der Waals surface area contributed by atoms with Crippen molar-refractivity contribution < 1.29 is 4.79 Å². The molecular formula is C25H27ClN2O. The highest BCUT2D eigenvalue weighted by atomic mass is 35.5. The van der Waals surface area contributed by atoms with Gasteiger partial charge in [0.1, 0.15) is 0 Å². The summed E-state index contributed by atoms with van der Waals surface area (Å²) in [6.07, 6.45) is 7.98. The minimum Gasteiger partial charge on any atom is -0.370 e. The maximum absolute atomic E-state index is 12.9. The number of halogens is 1. The van der Waals surface area contributed by atoms with Crippen molar-refractivity contribution in [2.24, 2.45) is 11.8 Å². The molecule has 4 atom stereocenters. The Balaban J connectivity index is 1.41. The summed E-state index contributed by atoms with van der Waals surface area (Å²) in [5, 5.41) is 3.85. The Morgan fingerprint density at radius 3 is 2.07 bits per heavy atom. The molecule has 2 aromatic carbocycles. The molecule has 6 rings (SSSR count). The van der Waals surface area contributed by atoms with Crippen molar-refractivity contribution in [2.75, 3.05) is 23.3 Å². The van der Waals surface area contributed by atoms with Crippen LogP contribution in [0.4, 0.5) is 11.4 Å². The molecule has 0 aromatic heterocycles. The standard InChI is InChI=1S/C25H27ClN2O/c26-18-9-7-15(8-10-18)25(29)27-19-11-22-20-5-1-3-16(20)13-28-14-17-4-2-6-21(17)23(12-19)24(22)28/h7-12,16-17,20-21H,1-6,13-14H2,(H,27,29)/t16-,17+,20-,21-/m0/s1. The fourth-order valence-electron chi connectivity index (χ4n) is 6.64. The van der Waals surface area contributed by atoms with Crippen LogP contribution in [0.2, 0.25) is 5.02 Å². The fraction of sp³-hybridized carbons (Fsp3) is 0.480. The van der Waals surface area contributed by atoms with E-state index in [1.807, 2.05) is 0 Å². The summed E-state index contributed by atoms with van der Waals surface area (Å²) in [6.45, 7) is 2.48. The van der Waals surface area contributed by atoms with Crippen LogP contribution in [0.5, 0.6) is 0 Å². The molecule has 0 saturated heterocycles. The molecule has 0 unspecified atom stereocenters. The van der Waals surface area contributed by atoms with Gasteiger partial charge in [-0.15, -0.1) is 0 Å². The van der Waals surface area contributed by atoms with Gasteiger partial charge in [-0.25, -0.2) is 0 Å². The molecule has 29 heavy (non-hydrogen) atoms. The average molecular weight is 407 g/mol. The second-order valence-electron chi connectivity index (χ2n) is 9.46. The SMILES string of the molecule is O=C(Nc1cc2c3c(c1)[C@H]1CCC[C@H]1CN3C[C@H]1CCC[C@H]21)c1ccc(Cl)cc1. The van der Waals surface area contributed by atoms with Gasteiger partial charge in [0, 0.05) is 35.1 Å². The van der Waals surface area contributed by atoms with Crippen LogP contribution in [-0.2, 0) is 0 Å². The number of benzene rings is 2. The van der Waals surface area contributed by atoms with E-state index in [0.29, 0.717) is 22.4 Å². The molecule has 1 amide bonds. The van der Waals surface area contributed by atoms with E-state index in [-0.39, 0.29) is 5.91 Å². The zero-order valence-corrected chi connectivity index (χ0v) is 17.4. The second kappa shape index (κ2) is 6.77. The molecule has 0 bridgehead atoms. The quantitative estimate of drug-likeness (QED) is 0.644. The maximum atomic E-state index is 12.9. The molecule has 2 aromatic rings. The van der Waals surface area contributed by atoms with Crippen molar-refractivity contribution in [1.82, 2.24) is 0 Å². The van der Waals surface area contributed by atoms with Crippen molar-refractivity contribution in [3.63, 3.8) is 0 Å². The third kappa shape index (κ3) is 2.89. The summed E-state index contributed by atoms with van der Waals surface area (Å²) in [5.74, 6) is 2.87. The fourth-order valence-corrected chi connectivity index (χ4v) is 6.77. The van der Waals surface area contributed by atoms with Gasteiger partial charge in [0.2, 0.25) is 0 Å². The van der Waals surface area contributed by atoms with E-state index in [4.69, 9.17) is 11.6 Å². The third-order valence-corrected chi connectivity index (χ3v) is 8.13. The zero-order valence-electron chi connectivity index (χ0n) is 16.7. The predicted octanol–water partition coefficient (Wildman–Crippen LogP) is 6.19. The first-order valence-corrected chi connectivity index (χ1v) is 11.5. The molecule has 4 aliphatic rings. The number of hydrogen-bond acceptors (Lipinski definition) is 2. The number of anilines is 2. The summed E-state index contributed by atoms with van der Waals surface area (Å²) >= 11 is 5.98. The van der Waals surface area contributed by atoms with Crippen LogP contribution in [-0.4, -0.2) is 19.0 Å². The zero-order chi connectivity index (χ0) is 19.5. The van der Waals surface area contributed by atoms with Gasteiger partial charge in [0.25, 0.3) is 5.91 Å². The molecular weight excluding hydrogens is 380 g/mol. The van der Waals surface area contributed by atoms with E-state index < -0.39 is 0 Å². The van der Waals surface area contributed by atoms with Crippen molar-refractivity contribution in [1.29, 1.82) is 0 Å². The lowest BCUT2D eigenvalue weighted by atomic mass is 9.75. The molecule has 2 aliphatic heterocycles. The van der Waals surface area contributed by atoms with Gasteiger partial charge in [0.15, 0.2) is 0 Å². The number of nitrogens with one attached hydrogen (secondary N) is 1. The minimum absolute atomic E-state index is 0.0526. The Hall–Kier alpha value is -2.00. The number of carbonyl (C=O) groups is 1.